The van der Waals surface area contributed by atoms with Crippen LogP contribution in [0.15, 0.2) is 72.8 Å². The molecule has 3 nitrogen and oxygen atoms in total. The first-order valence-corrected chi connectivity index (χ1v) is 24.2. The molecule has 3 rings (SSSR count). The summed E-state index contributed by atoms with van der Waals surface area (Å²) in [5, 5.41) is 0. The Labute approximate surface area is 261 Å². The van der Waals surface area contributed by atoms with Crippen molar-refractivity contribution in [1.82, 2.24) is 0 Å². The molecule has 0 aliphatic rings. The first kappa shape index (κ1) is 34.4. The van der Waals surface area contributed by atoms with Crippen LogP contribution in [-0.4, -0.2) is 31.6 Å². The summed E-state index contributed by atoms with van der Waals surface area (Å²) < 4.78 is 18.2. The molecule has 0 bridgehead atoms. The second kappa shape index (κ2) is 17.8. The topological polar surface area (TPSA) is 21.7 Å². The monoisotopic (exact) mass is 679 g/mol. The Balaban J connectivity index is 1.99. The third-order valence-corrected chi connectivity index (χ3v) is 23.8. The van der Waals surface area contributed by atoms with E-state index in [0.29, 0.717) is 11.8 Å². The minimum absolute atomic E-state index is 0.501. The molecule has 0 spiro atoms. The van der Waals surface area contributed by atoms with Gasteiger partial charge in [-0.1, -0.05) is 27.7 Å². The van der Waals surface area contributed by atoms with Gasteiger partial charge in [0.05, 0.1) is 0 Å². The summed E-state index contributed by atoms with van der Waals surface area (Å²) in [7, 11) is 0. The summed E-state index contributed by atoms with van der Waals surface area (Å²) in [6.45, 7) is 17.2. The van der Waals surface area contributed by atoms with Crippen LogP contribution in [-0.2, 0) is 0 Å². The standard InChI is InChI=1S/C26H30NO2.3C4H9.Sn/c1-20(2)18-28-25-14-10-23(11-15-25)27(22-8-6-5-7-9-22)24-12-16-26(17-13-24)29-19-21(3)4;3*1-3-4-2;/h6-17,20-21H,18-19H2,1-4H3;3*1,3-4H2,2H3;. The Hall–Kier alpha value is -2.14. The second-order valence-electron chi connectivity index (χ2n) is 12.9. The Kier molecular flexibility index (Phi) is 14.6. The molecule has 0 unspecified atom stereocenters. The van der Waals surface area contributed by atoms with Gasteiger partial charge in [-0.2, -0.15) is 0 Å². The molecule has 0 aliphatic carbocycles. The average Bonchev–Trinajstić information content (AvgIpc) is 3.00. The van der Waals surface area contributed by atoms with Crippen molar-refractivity contribution in [2.45, 2.75) is 100 Å². The zero-order valence-electron chi connectivity index (χ0n) is 27.6. The molecule has 3 aromatic rings. The summed E-state index contributed by atoms with van der Waals surface area (Å²) in [6, 6.07) is 26.9. The first-order chi connectivity index (χ1) is 20.3. The molecule has 230 valence electrons. The molecule has 0 fully saturated rings. The predicted molar refractivity (Wildman–Crippen MR) is 186 cm³/mol. The van der Waals surface area contributed by atoms with E-state index in [1.54, 1.807) is 3.58 Å². The fourth-order valence-electron chi connectivity index (χ4n) is 5.67. The van der Waals surface area contributed by atoms with Gasteiger partial charge in [-0.15, -0.1) is 0 Å². The molecule has 0 heterocycles. The Morgan fingerprint density at radius 3 is 1.17 bits per heavy atom. The molecule has 3 aromatic carbocycles. The van der Waals surface area contributed by atoms with E-state index in [1.807, 2.05) is 0 Å². The number of nitrogens with zero attached hydrogens (tertiary/aromatic N) is 1. The second-order valence-corrected chi connectivity index (χ2v) is 26.1. The van der Waals surface area contributed by atoms with E-state index in [1.165, 1.54) is 57.5 Å². The van der Waals surface area contributed by atoms with Gasteiger partial charge in [0.15, 0.2) is 0 Å². The molecular weight excluding hydrogens is 621 g/mol. The molecule has 0 saturated carbocycles. The van der Waals surface area contributed by atoms with E-state index in [2.05, 4.69) is 126 Å². The first-order valence-electron chi connectivity index (χ1n) is 16.7. The normalized spacial score (nSPS) is 11.7. The zero-order valence-corrected chi connectivity index (χ0v) is 30.5. The molecule has 0 saturated heterocycles. The van der Waals surface area contributed by atoms with Crippen molar-refractivity contribution in [2.24, 2.45) is 11.8 Å². The summed E-state index contributed by atoms with van der Waals surface area (Å²) >= 11 is -2.49. The number of anilines is 3. The molecule has 42 heavy (non-hydrogen) atoms. The van der Waals surface area contributed by atoms with Crippen LogP contribution in [0.25, 0.3) is 0 Å². The average molecular weight is 679 g/mol. The summed E-state index contributed by atoms with van der Waals surface area (Å²) in [6.07, 6.45) is 8.05. The molecule has 0 N–H and O–H groups in total. The molecule has 0 aromatic heterocycles. The maximum absolute atomic E-state index is 6.00. The summed E-state index contributed by atoms with van der Waals surface area (Å²) in [5.74, 6) is 2.84. The van der Waals surface area contributed by atoms with Crippen LogP contribution in [0.4, 0.5) is 17.1 Å². The molecule has 0 aliphatic heterocycles. The third kappa shape index (κ3) is 10.2. The van der Waals surface area contributed by atoms with Gasteiger partial charge in [-0.25, -0.2) is 0 Å². The van der Waals surface area contributed by atoms with Crippen LogP contribution in [0.2, 0.25) is 13.3 Å². The fraction of sp³-hybridized carbons (Fsp3) is 0.526. The van der Waals surface area contributed by atoms with Gasteiger partial charge < -0.3 is 0 Å². The van der Waals surface area contributed by atoms with Crippen LogP contribution < -0.4 is 18.0 Å². The Morgan fingerprint density at radius 1 is 0.524 bits per heavy atom. The number of unbranched alkanes of at least 4 members (excludes halogenated alkanes) is 3. The van der Waals surface area contributed by atoms with Gasteiger partial charge in [-0.05, 0) is 0 Å². The van der Waals surface area contributed by atoms with Gasteiger partial charge in [0, 0.05) is 0 Å². The van der Waals surface area contributed by atoms with E-state index >= 15 is 0 Å². The van der Waals surface area contributed by atoms with Crippen LogP contribution >= 0.6 is 0 Å². The Bertz CT molecular complexity index is 1060. The van der Waals surface area contributed by atoms with E-state index in [0.717, 1.165) is 36.1 Å². The quantitative estimate of drug-likeness (QED) is 0.118. The van der Waals surface area contributed by atoms with Gasteiger partial charge in [0.25, 0.3) is 0 Å². The zero-order chi connectivity index (χ0) is 30.4. The van der Waals surface area contributed by atoms with E-state index < -0.39 is 18.4 Å². The van der Waals surface area contributed by atoms with Crippen molar-refractivity contribution in [2.75, 3.05) is 18.1 Å². The van der Waals surface area contributed by atoms with Gasteiger partial charge in [-0.3, -0.25) is 0 Å². The molecule has 0 radical (unpaired) electrons. The van der Waals surface area contributed by atoms with E-state index in [4.69, 9.17) is 9.47 Å². The van der Waals surface area contributed by atoms with Gasteiger partial charge in [0.2, 0.25) is 0 Å². The van der Waals surface area contributed by atoms with Crippen molar-refractivity contribution < 1.29 is 9.47 Å². The van der Waals surface area contributed by atoms with Crippen LogP contribution in [0.5, 0.6) is 11.5 Å². The van der Waals surface area contributed by atoms with Gasteiger partial charge >= 0.3 is 235 Å². The SMILES string of the molecule is CCC[CH2][Sn]([CH2]CCC)([CH2]CCC)[c]1ccc(N(c2ccc(OCC(C)C)cc2)c2ccc(OCC(C)C)cc2)cc1. The molecular formula is C38H57NO2Sn. The van der Waals surface area contributed by atoms with Gasteiger partial charge in [0.1, 0.15) is 0 Å². The Morgan fingerprint density at radius 2 is 0.857 bits per heavy atom. The van der Waals surface area contributed by atoms with Crippen molar-refractivity contribution in [3.63, 3.8) is 0 Å². The van der Waals surface area contributed by atoms with E-state index in [-0.39, 0.29) is 0 Å². The van der Waals surface area contributed by atoms with Crippen molar-refractivity contribution in [3.8, 4) is 11.5 Å². The molecule has 4 heteroatoms. The van der Waals surface area contributed by atoms with Crippen LogP contribution in [0.3, 0.4) is 0 Å². The third-order valence-electron chi connectivity index (χ3n) is 8.12. The number of hydrogen-bond acceptors (Lipinski definition) is 3. The summed E-state index contributed by atoms with van der Waals surface area (Å²) in [4.78, 5) is 2.36. The summed E-state index contributed by atoms with van der Waals surface area (Å²) in [5.41, 5.74) is 3.47. The number of hydrogen-bond donors (Lipinski definition) is 0. The number of ether oxygens (including phenoxy) is 2. The number of benzene rings is 3. The minimum atomic E-state index is -2.49. The van der Waals surface area contributed by atoms with Crippen molar-refractivity contribution in [3.05, 3.63) is 72.8 Å². The maximum atomic E-state index is 6.00. The predicted octanol–water partition coefficient (Wildman–Crippen LogP) is 11.3. The molecule has 0 amide bonds. The van der Waals surface area contributed by atoms with Crippen LogP contribution in [0, 0.1) is 11.8 Å². The molecule has 0 atom stereocenters. The fourth-order valence-corrected chi connectivity index (χ4v) is 21.6. The van der Waals surface area contributed by atoms with Crippen LogP contribution in [0.1, 0.15) is 87.0 Å². The van der Waals surface area contributed by atoms with E-state index in [9.17, 15) is 0 Å². The number of rotatable bonds is 19. The van der Waals surface area contributed by atoms with Crippen molar-refractivity contribution in [1.29, 1.82) is 0 Å². The van der Waals surface area contributed by atoms with Crippen molar-refractivity contribution >= 4 is 39.0 Å².